The first kappa shape index (κ1) is 38.3. The van der Waals surface area contributed by atoms with E-state index in [4.69, 9.17) is 4.98 Å². The van der Waals surface area contributed by atoms with Crippen molar-refractivity contribution in [2.24, 2.45) is 5.92 Å². The van der Waals surface area contributed by atoms with Crippen LogP contribution >= 0.6 is 0 Å². The van der Waals surface area contributed by atoms with Gasteiger partial charge >= 0.3 is 0 Å². The van der Waals surface area contributed by atoms with Crippen molar-refractivity contribution in [3.8, 4) is 22.4 Å². The fraction of sp³-hybridized carbons (Fsp3) is 0.0500. The fourth-order valence-corrected chi connectivity index (χ4v) is 9.91. The molecule has 2 aliphatic heterocycles. The summed E-state index contributed by atoms with van der Waals surface area (Å²) in [5.41, 5.74) is 20.4. The largest absolute Gasteiger partial charge is 0.310 e. The average Bonchev–Trinajstić information content (AvgIpc) is 3.38. The van der Waals surface area contributed by atoms with Crippen LogP contribution in [0.5, 0.6) is 0 Å². The van der Waals surface area contributed by atoms with E-state index in [9.17, 15) is 0 Å². The predicted molar refractivity (Wildman–Crippen MR) is 271 cm³/mol. The minimum Gasteiger partial charge on any atom is -0.310 e. The maximum Gasteiger partial charge on any atom is 0.0715 e. The third kappa shape index (κ3) is 6.68. The van der Waals surface area contributed by atoms with Gasteiger partial charge in [0, 0.05) is 34.2 Å². The quantitative estimate of drug-likeness (QED) is 0.159. The molecular weight excluding hydrogens is 791 g/mol. The van der Waals surface area contributed by atoms with Crippen molar-refractivity contribution in [1.82, 2.24) is 4.98 Å². The van der Waals surface area contributed by atoms with Crippen LogP contribution in [-0.4, -0.2) is 4.98 Å². The SMILES string of the molecule is CC1CC(c2cc(-c3ccccc3)cc(-c3ccc(N4c5ccccc5N(c5ccccc5)c5ccccc54)cc3)n2)=CC=C1N1c2ccccc2N(c2ccccc2)c2ccccc21. The van der Waals surface area contributed by atoms with E-state index in [0.717, 1.165) is 80.1 Å². The zero-order valence-corrected chi connectivity index (χ0v) is 36.0. The number of fused-ring (bicyclic) bond motifs is 4. The molecule has 0 radical (unpaired) electrons. The van der Waals surface area contributed by atoms with Crippen LogP contribution in [-0.2, 0) is 0 Å². The number of nitrogens with zero attached hydrogens (tertiary/aromatic N) is 5. The normalized spacial score (nSPS) is 15.0. The Morgan fingerprint density at radius 2 is 0.708 bits per heavy atom. The topological polar surface area (TPSA) is 25.9 Å². The van der Waals surface area contributed by atoms with Gasteiger partial charge in [-0.1, -0.05) is 140 Å². The number of hydrogen-bond acceptors (Lipinski definition) is 5. The molecule has 8 aromatic carbocycles. The summed E-state index contributed by atoms with van der Waals surface area (Å²) >= 11 is 0. The number of rotatable bonds is 7. The Balaban J connectivity index is 0.924. The van der Waals surface area contributed by atoms with Crippen molar-refractivity contribution in [3.05, 3.63) is 248 Å². The highest BCUT2D eigenvalue weighted by atomic mass is 15.3. The van der Waals surface area contributed by atoms with Gasteiger partial charge in [0.1, 0.15) is 0 Å². The van der Waals surface area contributed by atoms with Crippen LogP contribution in [0.15, 0.2) is 242 Å². The number of allylic oxidation sites excluding steroid dienone is 4. The van der Waals surface area contributed by atoms with E-state index < -0.39 is 0 Å². The Hall–Kier alpha value is -8.41. The smallest absolute Gasteiger partial charge is 0.0715 e. The van der Waals surface area contributed by atoms with E-state index in [1.54, 1.807) is 0 Å². The zero-order valence-electron chi connectivity index (χ0n) is 36.0. The number of aromatic nitrogens is 1. The standard InChI is InChI=1S/C60H45N5/c1-42-39-45(35-38-52(42)65-59-31-17-15-29-57(59)63(48-23-9-4-10-24-48)58-30-16-18-32-60(58)65)51-41-46(43-19-5-2-6-20-43)40-50(61-51)44-33-36-49(37-34-44)64-55-27-13-11-25-53(55)62(47-21-7-3-8-22-47)54-26-12-14-28-56(54)64/h2-38,40-42H,39H2,1H3. The summed E-state index contributed by atoms with van der Waals surface area (Å²) in [5.74, 6) is 0.220. The van der Waals surface area contributed by atoms with E-state index in [-0.39, 0.29) is 5.92 Å². The summed E-state index contributed by atoms with van der Waals surface area (Å²) in [4.78, 5) is 15.1. The van der Waals surface area contributed by atoms with Gasteiger partial charge in [0.2, 0.25) is 0 Å². The Morgan fingerprint density at radius 1 is 0.338 bits per heavy atom. The summed E-state index contributed by atoms with van der Waals surface area (Å²) in [6.07, 6.45) is 5.48. The first-order chi connectivity index (χ1) is 32.2. The van der Waals surface area contributed by atoms with Gasteiger partial charge < -0.3 is 19.6 Å². The molecule has 3 aliphatic rings. The number of hydrogen-bond donors (Lipinski definition) is 0. The van der Waals surface area contributed by atoms with Gasteiger partial charge in [0.25, 0.3) is 0 Å². The lowest BCUT2D eigenvalue weighted by Crippen LogP contribution is -2.29. The Labute approximate surface area is 380 Å². The molecule has 65 heavy (non-hydrogen) atoms. The minimum atomic E-state index is 0.220. The second-order valence-electron chi connectivity index (χ2n) is 16.9. The van der Waals surface area contributed by atoms with Crippen molar-refractivity contribution >= 4 is 68.1 Å². The summed E-state index contributed by atoms with van der Waals surface area (Å²) in [6, 6.07) is 80.3. The second kappa shape index (κ2) is 16.1. The summed E-state index contributed by atoms with van der Waals surface area (Å²) < 4.78 is 0. The Bertz CT molecular complexity index is 3170. The van der Waals surface area contributed by atoms with Crippen molar-refractivity contribution in [3.63, 3.8) is 0 Å². The molecule has 0 fully saturated rings. The molecule has 0 saturated carbocycles. The van der Waals surface area contributed by atoms with Crippen LogP contribution in [0.3, 0.4) is 0 Å². The molecule has 9 aromatic rings. The maximum absolute atomic E-state index is 5.46. The molecule has 0 N–H and O–H groups in total. The molecule has 1 aromatic heterocycles. The molecule has 0 amide bonds. The molecule has 1 aliphatic carbocycles. The lowest BCUT2D eigenvalue weighted by molar-refractivity contribution is 0.678. The van der Waals surface area contributed by atoms with Crippen LogP contribution in [0.25, 0.3) is 28.0 Å². The summed E-state index contributed by atoms with van der Waals surface area (Å²) in [7, 11) is 0. The van der Waals surface area contributed by atoms with E-state index in [0.29, 0.717) is 0 Å². The molecule has 0 spiro atoms. The average molecular weight is 836 g/mol. The van der Waals surface area contributed by atoms with Crippen LogP contribution in [0.2, 0.25) is 0 Å². The maximum atomic E-state index is 5.46. The Kier molecular flexibility index (Phi) is 9.45. The van der Waals surface area contributed by atoms with Crippen LogP contribution in [0.4, 0.5) is 62.6 Å². The first-order valence-corrected chi connectivity index (χ1v) is 22.4. The third-order valence-electron chi connectivity index (χ3n) is 12.9. The molecule has 3 heterocycles. The van der Waals surface area contributed by atoms with Gasteiger partial charge in [-0.2, -0.15) is 0 Å². The molecule has 1 unspecified atom stereocenters. The highest BCUT2D eigenvalue weighted by Crippen LogP contribution is 2.56. The number of pyridine rings is 1. The van der Waals surface area contributed by atoms with E-state index >= 15 is 0 Å². The molecule has 5 nitrogen and oxygen atoms in total. The lowest BCUT2D eigenvalue weighted by Gasteiger charge is -2.43. The highest BCUT2D eigenvalue weighted by molar-refractivity contribution is 6.02. The molecule has 5 heteroatoms. The van der Waals surface area contributed by atoms with Gasteiger partial charge in [-0.05, 0) is 126 Å². The highest BCUT2D eigenvalue weighted by Gasteiger charge is 2.34. The monoisotopic (exact) mass is 835 g/mol. The van der Waals surface area contributed by atoms with Gasteiger partial charge in [-0.25, -0.2) is 4.98 Å². The van der Waals surface area contributed by atoms with Gasteiger partial charge in [0.05, 0.1) is 56.9 Å². The van der Waals surface area contributed by atoms with Gasteiger partial charge in [0.15, 0.2) is 0 Å². The van der Waals surface area contributed by atoms with E-state index in [1.807, 2.05) is 0 Å². The fourth-order valence-electron chi connectivity index (χ4n) is 9.91. The molecular formula is C60H45N5. The molecule has 12 rings (SSSR count). The number of anilines is 11. The van der Waals surface area contributed by atoms with Crippen LogP contribution < -0.4 is 19.6 Å². The van der Waals surface area contributed by atoms with Crippen LogP contribution in [0.1, 0.15) is 19.0 Å². The zero-order chi connectivity index (χ0) is 43.3. The second-order valence-corrected chi connectivity index (χ2v) is 16.9. The lowest BCUT2D eigenvalue weighted by atomic mass is 9.88. The number of benzene rings is 8. The van der Waals surface area contributed by atoms with Crippen molar-refractivity contribution in [2.75, 3.05) is 19.6 Å². The molecule has 310 valence electrons. The number of para-hydroxylation sites is 10. The van der Waals surface area contributed by atoms with Crippen molar-refractivity contribution in [2.45, 2.75) is 13.3 Å². The summed E-state index contributed by atoms with van der Waals surface area (Å²) in [5, 5.41) is 0. The first-order valence-electron chi connectivity index (χ1n) is 22.4. The minimum absolute atomic E-state index is 0.220. The molecule has 1 atom stereocenters. The Morgan fingerprint density at radius 3 is 1.14 bits per heavy atom. The van der Waals surface area contributed by atoms with Crippen molar-refractivity contribution in [1.29, 1.82) is 0 Å². The van der Waals surface area contributed by atoms with E-state index in [1.165, 1.54) is 28.2 Å². The van der Waals surface area contributed by atoms with Crippen LogP contribution in [0, 0.1) is 5.92 Å². The summed E-state index contributed by atoms with van der Waals surface area (Å²) in [6.45, 7) is 2.35. The molecule has 0 bridgehead atoms. The molecule has 0 saturated heterocycles. The van der Waals surface area contributed by atoms with E-state index in [2.05, 4.69) is 263 Å². The predicted octanol–water partition coefficient (Wildman–Crippen LogP) is 16.6. The van der Waals surface area contributed by atoms with Gasteiger partial charge in [-0.15, -0.1) is 0 Å². The van der Waals surface area contributed by atoms with Gasteiger partial charge in [-0.3, -0.25) is 0 Å². The third-order valence-corrected chi connectivity index (χ3v) is 12.9. The van der Waals surface area contributed by atoms with Crippen molar-refractivity contribution < 1.29 is 0 Å².